The van der Waals surface area contributed by atoms with Crippen molar-refractivity contribution in [1.82, 2.24) is 10.6 Å². The van der Waals surface area contributed by atoms with Crippen LogP contribution in [0.4, 0.5) is 4.79 Å². The Bertz CT molecular complexity index is 474. The van der Waals surface area contributed by atoms with Gasteiger partial charge >= 0.3 is 12.0 Å². The van der Waals surface area contributed by atoms with Gasteiger partial charge in [-0.15, -0.1) is 0 Å². The minimum atomic E-state index is -1.09. The lowest BCUT2D eigenvalue weighted by atomic mass is 10.1. The topological polar surface area (TPSA) is 87.7 Å². The molecule has 0 bridgehead atoms. The highest BCUT2D eigenvalue weighted by molar-refractivity contribution is 5.81. The van der Waals surface area contributed by atoms with Gasteiger partial charge in [-0.3, -0.25) is 4.79 Å². The number of amides is 2. The molecule has 0 saturated carbocycles. The van der Waals surface area contributed by atoms with E-state index in [-0.39, 0.29) is 6.73 Å². The highest BCUT2D eigenvalue weighted by Crippen LogP contribution is 2.15. The van der Waals surface area contributed by atoms with Crippen molar-refractivity contribution < 1.29 is 19.4 Å². The summed E-state index contributed by atoms with van der Waals surface area (Å²) in [5.41, 5.74) is 2.26. The van der Waals surface area contributed by atoms with Crippen molar-refractivity contribution in [3.8, 4) is 5.75 Å². The number of carbonyl (C=O) groups excluding carboxylic acids is 1. The van der Waals surface area contributed by atoms with E-state index in [1.54, 1.807) is 0 Å². The molecule has 0 aliphatic heterocycles. The summed E-state index contributed by atoms with van der Waals surface area (Å²) in [7, 11) is 0. The SMILES string of the molecule is Cc1ccc(OCNC(=O)NC(C)C(=O)O)cc1C. The van der Waals surface area contributed by atoms with Crippen LogP contribution in [0.3, 0.4) is 0 Å². The first-order valence-electron chi connectivity index (χ1n) is 5.87. The molecule has 1 unspecified atom stereocenters. The molecule has 0 fully saturated rings. The van der Waals surface area contributed by atoms with Gasteiger partial charge < -0.3 is 20.5 Å². The van der Waals surface area contributed by atoms with Crippen LogP contribution in [-0.2, 0) is 4.79 Å². The maximum absolute atomic E-state index is 11.3. The van der Waals surface area contributed by atoms with Crippen molar-refractivity contribution >= 4 is 12.0 Å². The number of aliphatic carboxylic acids is 1. The Kier molecular flexibility index (Phi) is 5.17. The van der Waals surface area contributed by atoms with Gasteiger partial charge in [-0.25, -0.2) is 4.79 Å². The van der Waals surface area contributed by atoms with E-state index in [9.17, 15) is 9.59 Å². The van der Waals surface area contributed by atoms with Crippen molar-refractivity contribution in [2.75, 3.05) is 6.73 Å². The molecule has 0 spiro atoms. The molecule has 1 atom stereocenters. The van der Waals surface area contributed by atoms with E-state index in [1.807, 2.05) is 32.0 Å². The number of aryl methyl sites for hydroxylation is 2. The highest BCUT2D eigenvalue weighted by atomic mass is 16.5. The van der Waals surface area contributed by atoms with Crippen molar-refractivity contribution in [2.45, 2.75) is 26.8 Å². The fourth-order valence-electron chi connectivity index (χ4n) is 1.30. The van der Waals surface area contributed by atoms with E-state index in [2.05, 4.69) is 10.6 Å². The molecule has 1 aromatic rings. The standard InChI is InChI=1S/C13H18N2O4/c1-8-4-5-11(6-9(8)2)19-7-14-13(18)15-10(3)12(16)17/h4-6,10H,7H2,1-3H3,(H,16,17)(H2,14,15,18). The summed E-state index contributed by atoms with van der Waals surface area (Å²) in [6, 6.07) is 4.08. The van der Waals surface area contributed by atoms with E-state index in [4.69, 9.17) is 9.84 Å². The number of benzene rings is 1. The van der Waals surface area contributed by atoms with Crippen molar-refractivity contribution in [2.24, 2.45) is 0 Å². The third-order valence-corrected chi connectivity index (χ3v) is 2.67. The number of urea groups is 1. The Morgan fingerprint density at radius 1 is 1.32 bits per heavy atom. The van der Waals surface area contributed by atoms with Crippen LogP contribution in [0.5, 0.6) is 5.75 Å². The highest BCUT2D eigenvalue weighted by Gasteiger charge is 2.13. The summed E-state index contributed by atoms with van der Waals surface area (Å²) in [6.45, 7) is 5.32. The summed E-state index contributed by atoms with van der Waals surface area (Å²) < 4.78 is 5.34. The third-order valence-electron chi connectivity index (χ3n) is 2.67. The minimum absolute atomic E-state index is 0.0271. The van der Waals surface area contributed by atoms with Gasteiger partial charge in [0.25, 0.3) is 0 Å². The van der Waals surface area contributed by atoms with E-state index in [0.717, 1.165) is 11.1 Å². The molecule has 2 amide bonds. The Morgan fingerprint density at radius 3 is 2.58 bits per heavy atom. The zero-order valence-corrected chi connectivity index (χ0v) is 11.2. The minimum Gasteiger partial charge on any atom is -0.480 e. The fourth-order valence-corrected chi connectivity index (χ4v) is 1.30. The fraction of sp³-hybridized carbons (Fsp3) is 0.385. The lowest BCUT2D eigenvalue weighted by Gasteiger charge is -2.12. The van der Waals surface area contributed by atoms with Crippen LogP contribution < -0.4 is 15.4 Å². The van der Waals surface area contributed by atoms with Crippen LogP contribution in [0, 0.1) is 13.8 Å². The number of nitrogens with one attached hydrogen (secondary N) is 2. The predicted molar refractivity (Wildman–Crippen MR) is 70.2 cm³/mol. The van der Waals surface area contributed by atoms with Gasteiger partial charge in [-0.05, 0) is 44.0 Å². The van der Waals surface area contributed by atoms with Gasteiger partial charge in [0.1, 0.15) is 11.8 Å². The molecule has 19 heavy (non-hydrogen) atoms. The molecule has 104 valence electrons. The first kappa shape index (κ1) is 14.8. The number of ether oxygens (including phenoxy) is 1. The number of hydrogen-bond acceptors (Lipinski definition) is 3. The second-order valence-corrected chi connectivity index (χ2v) is 4.24. The summed E-state index contributed by atoms with van der Waals surface area (Å²) in [4.78, 5) is 21.8. The number of carboxylic acid groups (broad SMARTS) is 1. The first-order chi connectivity index (χ1) is 8.90. The molecular formula is C13H18N2O4. The van der Waals surface area contributed by atoms with Crippen LogP contribution in [0.25, 0.3) is 0 Å². The smallest absolute Gasteiger partial charge is 0.325 e. The Balaban J connectivity index is 2.35. The van der Waals surface area contributed by atoms with Gasteiger partial charge in [0.05, 0.1) is 0 Å². The van der Waals surface area contributed by atoms with Crippen molar-refractivity contribution in [1.29, 1.82) is 0 Å². The second kappa shape index (κ2) is 6.63. The largest absolute Gasteiger partial charge is 0.480 e. The van der Waals surface area contributed by atoms with Gasteiger partial charge in [0.15, 0.2) is 6.73 Å². The normalized spacial score (nSPS) is 11.5. The maximum atomic E-state index is 11.3. The average Bonchev–Trinajstić information content (AvgIpc) is 2.33. The van der Waals surface area contributed by atoms with Crippen LogP contribution in [0.15, 0.2) is 18.2 Å². The van der Waals surface area contributed by atoms with Crippen molar-refractivity contribution in [3.05, 3.63) is 29.3 Å². The molecule has 6 nitrogen and oxygen atoms in total. The maximum Gasteiger partial charge on any atom is 0.325 e. The van der Waals surface area contributed by atoms with Crippen LogP contribution in [-0.4, -0.2) is 29.9 Å². The molecule has 0 aromatic heterocycles. The third kappa shape index (κ3) is 4.87. The molecular weight excluding hydrogens is 248 g/mol. The number of carbonyl (C=O) groups is 2. The Morgan fingerprint density at radius 2 is 2.00 bits per heavy atom. The summed E-state index contributed by atoms with van der Waals surface area (Å²) in [5, 5.41) is 13.3. The molecule has 0 aliphatic rings. The van der Waals surface area contributed by atoms with E-state index in [0.29, 0.717) is 5.75 Å². The lowest BCUT2D eigenvalue weighted by Crippen LogP contribution is -2.45. The number of hydrogen-bond donors (Lipinski definition) is 3. The second-order valence-electron chi connectivity index (χ2n) is 4.24. The Labute approximate surface area is 111 Å². The van der Waals surface area contributed by atoms with Gasteiger partial charge in [0.2, 0.25) is 0 Å². The summed E-state index contributed by atoms with van der Waals surface area (Å²) in [6.07, 6.45) is 0. The van der Waals surface area contributed by atoms with E-state index < -0.39 is 18.0 Å². The van der Waals surface area contributed by atoms with Crippen LogP contribution >= 0.6 is 0 Å². The zero-order chi connectivity index (χ0) is 14.4. The number of carboxylic acids is 1. The average molecular weight is 266 g/mol. The van der Waals surface area contributed by atoms with Crippen molar-refractivity contribution in [3.63, 3.8) is 0 Å². The molecule has 1 aromatic carbocycles. The van der Waals surface area contributed by atoms with E-state index >= 15 is 0 Å². The number of rotatable bonds is 5. The monoisotopic (exact) mass is 266 g/mol. The van der Waals surface area contributed by atoms with Crippen LogP contribution in [0.2, 0.25) is 0 Å². The van der Waals surface area contributed by atoms with Crippen LogP contribution in [0.1, 0.15) is 18.1 Å². The van der Waals surface area contributed by atoms with E-state index in [1.165, 1.54) is 6.92 Å². The molecule has 6 heteroatoms. The molecule has 0 saturated heterocycles. The van der Waals surface area contributed by atoms with Gasteiger partial charge in [-0.1, -0.05) is 6.07 Å². The predicted octanol–water partition coefficient (Wildman–Crippen LogP) is 1.41. The van der Waals surface area contributed by atoms with Gasteiger partial charge in [0, 0.05) is 0 Å². The lowest BCUT2D eigenvalue weighted by molar-refractivity contribution is -0.138. The zero-order valence-electron chi connectivity index (χ0n) is 11.2. The first-order valence-corrected chi connectivity index (χ1v) is 5.87. The summed E-state index contributed by atoms with van der Waals surface area (Å²) >= 11 is 0. The summed E-state index contributed by atoms with van der Waals surface area (Å²) in [5.74, 6) is -0.445. The quantitative estimate of drug-likeness (QED) is 0.703. The molecule has 0 radical (unpaired) electrons. The molecule has 3 N–H and O–H groups in total. The molecule has 0 aliphatic carbocycles. The molecule has 1 rings (SSSR count). The van der Waals surface area contributed by atoms with Gasteiger partial charge in [-0.2, -0.15) is 0 Å². The Hall–Kier alpha value is -2.24. The molecule has 0 heterocycles.